The molecule has 1 saturated heterocycles. The number of nitrogens with one attached hydrogen (secondary N) is 1. The standard InChI is InChI=1S/C19H19ClN2O2/c20-14-6-7-16-13(11-21-17(16)10-14)8-12-9-18(23)22(19(12)24)15-4-2-1-3-5-15/h6-8,10-11,15,21H,1-5,9H2. The Kier molecular flexibility index (Phi) is 3.93. The lowest BCUT2D eigenvalue weighted by Gasteiger charge is -2.29. The van der Waals surface area contributed by atoms with Gasteiger partial charge in [0, 0.05) is 39.3 Å². The molecule has 2 heterocycles. The quantitative estimate of drug-likeness (QED) is 0.653. The van der Waals surface area contributed by atoms with Crippen molar-refractivity contribution < 1.29 is 9.59 Å². The number of halogens is 1. The highest BCUT2D eigenvalue weighted by Crippen LogP contribution is 2.31. The summed E-state index contributed by atoms with van der Waals surface area (Å²) in [5, 5.41) is 1.67. The highest BCUT2D eigenvalue weighted by molar-refractivity contribution is 6.31. The molecule has 0 unspecified atom stereocenters. The number of aromatic nitrogens is 1. The summed E-state index contributed by atoms with van der Waals surface area (Å²) in [5.41, 5.74) is 2.43. The number of aromatic amines is 1. The Labute approximate surface area is 145 Å². The average molecular weight is 343 g/mol. The van der Waals surface area contributed by atoms with Crippen LogP contribution < -0.4 is 0 Å². The van der Waals surface area contributed by atoms with Gasteiger partial charge in [-0.1, -0.05) is 36.9 Å². The number of nitrogens with zero attached hydrogens (tertiary/aromatic N) is 1. The van der Waals surface area contributed by atoms with Gasteiger partial charge in [0.05, 0.1) is 6.42 Å². The number of fused-ring (bicyclic) bond motifs is 1. The van der Waals surface area contributed by atoms with Crippen molar-refractivity contribution in [2.75, 3.05) is 0 Å². The van der Waals surface area contributed by atoms with E-state index in [9.17, 15) is 9.59 Å². The van der Waals surface area contributed by atoms with Gasteiger partial charge in [-0.3, -0.25) is 14.5 Å². The van der Waals surface area contributed by atoms with Gasteiger partial charge in [0.2, 0.25) is 5.91 Å². The molecular formula is C19H19ClN2O2. The van der Waals surface area contributed by atoms with Crippen LogP contribution in [0.3, 0.4) is 0 Å². The first kappa shape index (κ1) is 15.5. The molecule has 1 aliphatic heterocycles. The van der Waals surface area contributed by atoms with E-state index in [1.54, 1.807) is 0 Å². The zero-order valence-electron chi connectivity index (χ0n) is 13.3. The summed E-state index contributed by atoms with van der Waals surface area (Å²) in [5.74, 6) is -0.170. The van der Waals surface area contributed by atoms with Crippen molar-refractivity contribution in [3.63, 3.8) is 0 Å². The molecule has 0 radical (unpaired) electrons. The van der Waals surface area contributed by atoms with E-state index in [4.69, 9.17) is 11.6 Å². The van der Waals surface area contributed by atoms with Crippen LogP contribution in [-0.4, -0.2) is 27.7 Å². The van der Waals surface area contributed by atoms with Gasteiger partial charge >= 0.3 is 0 Å². The SMILES string of the molecule is O=C1CC(=Cc2c[nH]c3cc(Cl)ccc23)C(=O)N1C1CCCCC1. The first-order valence-electron chi connectivity index (χ1n) is 8.47. The molecule has 0 atom stereocenters. The molecule has 124 valence electrons. The Morgan fingerprint density at radius 3 is 2.75 bits per heavy atom. The molecule has 1 N–H and O–H groups in total. The third-order valence-corrected chi connectivity index (χ3v) is 5.28. The first-order chi connectivity index (χ1) is 11.6. The number of rotatable bonds is 2. The maximum atomic E-state index is 12.7. The van der Waals surface area contributed by atoms with Crippen LogP contribution >= 0.6 is 11.6 Å². The van der Waals surface area contributed by atoms with Crippen molar-refractivity contribution in [1.29, 1.82) is 0 Å². The summed E-state index contributed by atoms with van der Waals surface area (Å²) in [7, 11) is 0. The number of carbonyl (C=O) groups excluding carboxylic acids is 2. The predicted octanol–water partition coefficient (Wildman–Crippen LogP) is 4.30. The number of imide groups is 1. The Morgan fingerprint density at radius 1 is 1.17 bits per heavy atom. The van der Waals surface area contributed by atoms with Gasteiger partial charge in [0.1, 0.15) is 0 Å². The van der Waals surface area contributed by atoms with Crippen molar-refractivity contribution in [3.8, 4) is 0 Å². The van der Waals surface area contributed by atoms with Crippen molar-refractivity contribution in [3.05, 3.63) is 40.6 Å². The number of benzene rings is 1. The molecule has 4 nitrogen and oxygen atoms in total. The van der Waals surface area contributed by atoms with Crippen molar-refractivity contribution in [2.24, 2.45) is 0 Å². The van der Waals surface area contributed by atoms with E-state index >= 15 is 0 Å². The minimum absolute atomic E-state index is 0.0546. The lowest BCUT2D eigenvalue weighted by molar-refractivity contribution is -0.141. The van der Waals surface area contributed by atoms with Gasteiger partial charge in [-0.2, -0.15) is 0 Å². The number of hydrogen-bond donors (Lipinski definition) is 1. The number of carbonyl (C=O) groups is 2. The minimum Gasteiger partial charge on any atom is -0.361 e. The lowest BCUT2D eigenvalue weighted by atomic mass is 9.94. The predicted molar refractivity (Wildman–Crippen MR) is 94.6 cm³/mol. The molecule has 0 spiro atoms. The fraction of sp³-hybridized carbons (Fsp3) is 0.368. The summed E-state index contributed by atoms with van der Waals surface area (Å²) in [6, 6.07) is 5.71. The second kappa shape index (κ2) is 6.10. The number of H-pyrrole nitrogens is 1. The van der Waals surface area contributed by atoms with E-state index in [-0.39, 0.29) is 24.3 Å². The Bertz CT molecular complexity index is 846. The zero-order chi connectivity index (χ0) is 16.7. The summed E-state index contributed by atoms with van der Waals surface area (Å²) in [6.07, 6.45) is 9.19. The number of likely N-dealkylation sites (tertiary alicyclic amines) is 1. The minimum atomic E-state index is -0.116. The fourth-order valence-corrected chi connectivity index (χ4v) is 4.01. The molecule has 1 aromatic carbocycles. The monoisotopic (exact) mass is 342 g/mol. The lowest BCUT2D eigenvalue weighted by Crippen LogP contribution is -2.40. The van der Waals surface area contributed by atoms with Crippen LogP contribution in [0, 0.1) is 0 Å². The normalized spacial score (nSPS) is 21.4. The molecule has 2 fully saturated rings. The van der Waals surface area contributed by atoms with E-state index in [0.717, 1.165) is 42.1 Å². The average Bonchev–Trinajstić information content (AvgIpc) is 3.09. The molecule has 2 aliphatic rings. The van der Waals surface area contributed by atoms with Crippen molar-refractivity contribution in [1.82, 2.24) is 9.88 Å². The van der Waals surface area contributed by atoms with Gasteiger partial charge in [0.25, 0.3) is 5.91 Å². The van der Waals surface area contributed by atoms with Crippen molar-refractivity contribution >= 4 is 40.4 Å². The van der Waals surface area contributed by atoms with E-state index in [2.05, 4.69) is 4.98 Å². The topological polar surface area (TPSA) is 53.2 Å². The third kappa shape index (κ3) is 2.65. The molecule has 1 aromatic heterocycles. The molecule has 1 saturated carbocycles. The summed E-state index contributed by atoms with van der Waals surface area (Å²) in [6.45, 7) is 0. The van der Waals surface area contributed by atoms with Crippen LogP contribution in [0.1, 0.15) is 44.1 Å². The van der Waals surface area contributed by atoms with Gasteiger partial charge in [-0.25, -0.2) is 0 Å². The van der Waals surface area contributed by atoms with Crippen LogP contribution in [0.5, 0.6) is 0 Å². The molecule has 2 aromatic rings. The highest BCUT2D eigenvalue weighted by atomic mass is 35.5. The van der Waals surface area contributed by atoms with E-state index in [1.165, 1.54) is 11.3 Å². The second-order valence-electron chi connectivity index (χ2n) is 6.64. The van der Waals surface area contributed by atoms with Crippen LogP contribution in [-0.2, 0) is 9.59 Å². The summed E-state index contributed by atoms with van der Waals surface area (Å²) in [4.78, 5) is 29.8. The maximum Gasteiger partial charge on any atom is 0.257 e. The molecule has 2 amide bonds. The molecule has 4 rings (SSSR count). The first-order valence-corrected chi connectivity index (χ1v) is 8.85. The number of hydrogen-bond acceptors (Lipinski definition) is 2. The fourth-order valence-electron chi connectivity index (χ4n) is 3.84. The largest absolute Gasteiger partial charge is 0.361 e. The summed E-state index contributed by atoms with van der Waals surface area (Å²) < 4.78 is 0. The van der Waals surface area contributed by atoms with Gasteiger partial charge in [-0.15, -0.1) is 0 Å². The van der Waals surface area contributed by atoms with Crippen LogP contribution in [0.2, 0.25) is 5.02 Å². The van der Waals surface area contributed by atoms with E-state index < -0.39 is 0 Å². The van der Waals surface area contributed by atoms with Crippen LogP contribution in [0.15, 0.2) is 30.0 Å². The summed E-state index contributed by atoms with van der Waals surface area (Å²) >= 11 is 6.00. The third-order valence-electron chi connectivity index (χ3n) is 5.05. The Balaban J connectivity index is 1.65. The molecule has 5 heteroatoms. The molecule has 24 heavy (non-hydrogen) atoms. The van der Waals surface area contributed by atoms with Crippen LogP contribution in [0.25, 0.3) is 17.0 Å². The van der Waals surface area contributed by atoms with E-state index in [1.807, 2.05) is 30.5 Å². The molecule has 0 bridgehead atoms. The zero-order valence-corrected chi connectivity index (χ0v) is 14.1. The maximum absolute atomic E-state index is 12.7. The van der Waals surface area contributed by atoms with Crippen LogP contribution in [0.4, 0.5) is 0 Å². The Hall–Kier alpha value is -2.07. The molecule has 1 aliphatic carbocycles. The smallest absolute Gasteiger partial charge is 0.257 e. The van der Waals surface area contributed by atoms with Gasteiger partial charge in [0.15, 0.2) is 0 Å². The van der Waals surface area contributed by atoms with Crippen molar-refractivity contribution in [2.45, 2.75) is 44.6 Å². The Morgan fingerprint density at radius 2 is 1.96 bits per heavy atom. The molecular weight excluding hydrogens is 324 g/mol. The van der Waals surface area contributed by atoms with Gasteiger partial charge < -0.3 is 4.98 Å². The number of amides is 2. The second-order valence-corrected chi connectivity index (χ2v) is 7.08. The highest BCUT2D eigenvalue weighted by Gasteiger charge is 2.38. The van der Waals surface area contributed by atoms with Gasteiger partial charge in [-0.05, 0) is 31.1 Å². The van der Waals surface area contributed by atoms with E-state index in [0.29, 0.717) is 10.6 Å².